The van der Waals surface area contributed by atoms with Crippen LogP contribution in [0.25, 0.3) is 11.3 Å². The first-order chi connectivity index (χ1) is 9.11. The molecule has 1 aromatic carbocycles. The summed E-state index contributed by atoms with van der Waals surface area (Å²) >= 11 is 6.23. The number of benzene rings is 1. The van der Waals surface area contributed by atoms with Crippen molar-refractivity contribution < 1.29 is 9.47 Å². The van der Waals surface area contributed by atoms with Crippen molar-refractivity contribution in [2.24, 2.45) is 7.05 Å². The molecule has 0 spiro atoms. The third kappa shape index (κ3) is 1.81. The van der Waals surface area contributed by atoms with Crippen molar-refractivity contribution in [3.05, 3.63) is 22.7 Å². The number of fused-ring (bicyclic) bond motifs is 1. The Kier molecular flexibility index (Phi) is 2.78. The summed E-state index contributed by atoms with van der Waals surface area (Å²) in [6.07, 6.45) is 0.800. The van der Waals surface area contributed by atoms with Crippen LogP contribution in [0.1, 0.15) is 12.5 Å². The molecule has 100 valence electrons. The van der Waals surface area contributed by atoms with E-state index in [0.29, 0.717) is 22.3 Å². The van der Waals surface area contributed by atoms with Gasteiger partial charge in [0.05, 0.1) is 10.7 Å². The van der Waals surface area contributed by atoms with Gasteiger partial charge in [0.2, 0.25) is 6.79 Å². The van der Waals surface area contributed by atoms with Crippen LogP contribution in [-0.4, -0.2) is 16.6 Å². The summed E-state index contributed by atoms with van der Waals surface area (Å²) in [4.78, 5) is 0. The van der Waals surface area contributed by atoms with Gasteiger partial charge in [-0.3, -0.25) is 4.68 Å². The second-order valence-electron chi connectivity index (χ2n) is 4.38. The maximum absolute atomic E-state index is 6.23. The fraction of sp³-hybridized carbons (Fsp3) is 0.308. The summed E-state index contributed by atoms with van der Waals surface area (Å²) in [5.41, 5.74) is 8.59. The zero-order chi connectivity index (χ0) is 13.6. The number of halogens is 1. The SMILES string of the molecule is CCc1c(-c2cc(N)n(C)n2)cc(Cl)c2c1OCO2. The van der Waals surface area contributed by atoms with E-state index in [1.165, 1.54) is 0 Å². The summed E-state index contributed by atoms with van der Waals surface area (Å²) in [5.74, 6) is 1.94. The smallest absolute Gasteiger partial charge is 0.231 e. The number of rotatable bonds is 2. The van der Waals surface area contributed by atoms with Gasteiger partial charge in [-0.2, -0.15) is 5.10 Å². The third-order valence-electron chi connectivity index (χ3n) is 3.25. The molecule has 0 radical (unpaired) electrons. The van der Waals surface area contributed by atoms with Gasteiger partial charge in [0.25, 0.3) is 0 Å². The Hall–Kier alpha value is -1.88. The average Bonchev–Trinajstić information content (AvgIpc) is 2.98. The second-order valence-corrected chi connectivity index (χ2v) is 4.79. The van der Waals surface area contributed by atoms with Crippen molar-refractivity contribution in [1.29, 1.82) is 0 Å². The summed E-state index contributed by atoms with van der Waals surface area (Å²) in [6.45, 7) is 2.26. The fourth-order valence-corrected chi connectivity index (χ4v) is 2.52. The van der Waals surface area contributed by atoms with E-state index in [1.807, 2.05) is 12.1 Å². The van der Waals surface area contributed by atoms with Gasteiger partial charge in [0.1, 0.15) is 5.82 Å². The van der Waals surface area contributed by atoms with E-state index >= 15 is 0 Å². The molecule has 0 saturated carbocycles. The maximum Gasteiger partial charge on any atom is 0.231 e. The minimum absolute atomic E-state index is 0.204. The van der Waals surface area contributed by atoms with Crippen LogP contribution in [0.5, 0.6) is 11.5 Å². The molecule has 5 nitrogen and oxygen atoms in total. The van der Waals surface area contributed by atoms with Crippen LogP contribution in [0, 0.1) is 0 Å². The summed E-state index contributed by atoms with van der Waals surface area (Å²) in [5, 5.41) is 4.92. The molecule has 6 heteroatoms. The van der Waals surface area contributed by atoms with Crippen molar-refractivity contribution >= 4 is 17.4 Å². The maximum atomic E-state index is 6.23. The first-order valence-corrected chi connectivity index (χ1v) is 6.40. The summed E-state index contributed by atoms with van der Waals surface area (Å²) < 4.78 is 12.5. The highest BCUT2D eigenvalue weighted by Gasteiger charge is 2.25. The molecule has 0 aliphatic carbocycles. The topological polar surface area (TPSA) is 62.3 Å². The molecule has 1 aromatic heterocycles. The first-order valence-electron chi connectivity index (χ1n) is 6.02. The van der Waals surface area contributed by atoms with E-state index in [9.17, 15) is 0 Å². The molecular weight excluding hydrogens is 266 g/mol. The number of anilines is 1. The van der Waals surface area contributed by atoms with Gasteiger partial charge in [0, 0.05) is 24.2 Å². The average molecular weight is 280 g/mol. The number of hydrogen-bond acceptors (Lipinski definition) is 4. The van der Waals surface area contributed by atoms with Crippen LogP contribution in [-0.2, 0) is 13.5 Å². The Morgan fingerprint density at radius 2 is 2.11 bits per heavy atom. The molecule has 0 fully saturated rings. The van der Waals surface area contributed by atoms with E-state index in [0.717, 1.165) is 23.2 Å². The molecule has 1 aliphatic heterocycles. The molecule has 0 atom stereocenters. The fourth-order valence-electron chi connectivity index (χ4n) is 2.27. The van der Waals surface area contributed by atoms with Gasteiger partial charge >= 0.3 is 0 Å². The number of nitrogen functional groups attached to an aromatic ring is 1. The Balaban J connectivity index is 2.24. The molecule has 0 bridgehead atoms. The lowest BCUT2D eigenvalue weighted by atomic mass is 10.0. The van der Waals surface area contributed by atoms with Crippen molar-refractivity contribution in [2.75, 3.05) is 12.5 Å². The summed E-state index contributed by atoms with van der Waals surface area (Å²) in [7, 11) is 1.80. The van der Waals surface area contributed by atoms with Gasteiger partial charge in [-0.05, 0) is 12.5 Å². The highest BCUT2D eigenvalue weighted by atomic mass is 35.5. The zero-order valence-electron chi connectivity index (χ0n) is 10.7. The molecule has 19 heavy (non-hydrogen) atoms. The number of nitrogens with two attached hydrogens (primary N) is 1. The van der Waals surface area contributed by atoms with E-state index < -0.39 is 0 Å². The Morgan fingerprint density at radius 3 is 2.74 bits per heavy atom. The predicted molar refractivity (Wildman–Crippen MR) is 73.6 cm³/mol. The van der Waals surface area contributed by atoms with Gasteiger partial charge in [-0.25, -0.2) is 0 Å². The van der Waals surface area contributed by atoms with E-state index in [2.05, 4.69) is 12.0 Å². The Morgan fingerprint density at radius 1 is 1.37 bits per heavy atom. The molecule has 2 heterocycles. The minimum atomic E-state index is 0.204. The number of aromatic nitrogens is 2. The first kappa shape index (κ1) is 12.2. The van der Waals surface area contributed by atoms with Crippen LogP contribution in [0.2, 0.25) is 5.02 Å². The van der Waals surface area contributed by atoms with Gasteiger partial charge in [-0.1, -0.05) is 18.5 Å². The van der Waals surface area contributed by atoms with E-state index in [-0.39, 0.29) is 6.79 Å². The van der Waals surface area contributed by atoms with Gasteiger partial charge in [0.15, 0.2) is 11.5 Å². The molecule has 3 rings (SSSR count). The van der Waals surface area contributed by atoms with Gasteiger partial charge in [-0.15, -0.1) is 0 Å². The normalized spacial score (nSPS) is 13.0. The molecule has 2 N–H and O–H groups in total. The Bertz CT molecular complexity index is 632. The second kappa shape index (κ2) is 4.35. The monoisotopic (exact) mass is 279 g/mol. The number of ether oxygens (including phenoxy) is 2. The molecule has 0 saturated heterocycles. The molecular formula is C13H14ClN3O2. The lowest BCUT2D eigenvalue weighted by molar-refractivity contribution is 0.173. The predicted octanol–water partition coefficient (Wildman–Crippen LogP) is 2.61. The quantitative estimate of drug-likeness (QED) is 0.918. The zero-order valence-corrected chi connectivity index (χ0v) is 11.5. The number of nitrogens with zero attached hydrogens (tertiary/aromatic N) is 2. The molecule has 0 unspecified atom stereocenters. The number of aryl methyl sites for hydroxylation is 1. The van der Waals surface area contributed by atoms with Crippen molar-refractivity contribution in [3.63, 3.8) is 0 Å². The summed E-state index contributed by atoms with van der Waals surface area (Å²) in [6, 6.07) is 3.68. The van der Waals surface area contributed by atoms with E-state index in [4.69, 9.17) is 26.8 Å². The van der Waals surface area contributed by atoms with Crippen molar-refractivity contribution in [3.8, 4) is 22.8 Å². The highest BCUT2D eigenvalue weighted by molar-refractivity contribution is 6.32. The highest BCUT2D eigenvalue weighted by Crippen LogP contribution is 2.46. The standard InChI is InChI=1S/C13H14ClN3O2/c1-3-7-8(10-5-11(15)17(2)16-10)4-9(14)13-12(7)18-6-19-13/h4-5H,3,6,15H2,1-2H3. The molecule has 2 aromatic rings. The lowest BCUT2D eigenvalue weighted by Gasteiger charge is -2.10. The largest absolute Gasteiger partial charge is 0.453 e. The Labute approximate surface area is 115 Å². The van der Waals surface area contributed by atoms with Crippen LogP contribution >= 0.6 is 11.6 Å². The lowest BCUT2D eigenvalue weighted by Crippen LogP contribution is -1.97. The molecule has 1 aliphatic rings. The third-order valence-corrected chi connectivity index (χ3v) is 3.53. The van der Waals surface area contributed by atoms with Gasteiger partial charge < -0.3 is 15.2 Å². The molecule has 0 amide bonds. The van der Waals surface area contributed by atoms with Crippen LogP contribution in [0.4, 0.5) is 5.82 Å². The van der Waals surface area contributed by atoms with Crippen LogP contribution in [0.3, 0.4) is 0 Å². The van der Waals surface area contributed by atoms with Crippen LogP contribution < -0.4 is 15.2 Å². The van der Waals surface area contributed by atoms with Crippen molar-refractivity contribution in [2.45, 2.75) is 13.3 Å². The minimum Gasteiger partial charge on any atom is -0.453 e. The number of hydrogen-bond donors (Lipinski definition) is 1. The van der Waals surface area contributed by atoms with Crippen LogP contribution in [0.15, 0.2) is 12.1 Å². The van der Waals surface area contributed by atoms with Crippen molar-refractivity contribution in [1.82, 2.24) is 9.78 Å². The van der Waals surface area contributed by atoms with E-state index in [1.54, 1.807) is 11.7 Å².